The minimum absolute atomic E-state index is 0.115. The molecule has 0 atom stereocenters. The molecule has 0 saturated carbocycles. The van der Waals surface area contributed by atoms with Crippen LogP contribution in [0, 0.1) is 6.92 Å². The largest absolute Gasteiger partial charge is 0.328 e. The zero-order valence-corrected chi connectivity index (χ0v) is 22.2. The zero-order valence-electron chi connectivity index (χ0n) is 20.6. The molecule has 2 N–H and O–H groups in total. The van der Waals surface area contributed by atoms with Gasteiger partial charge in [0.25, 0.3) is 10.0 Å². The van der Waals surface area contributed by atoms with Crippen molar-refractivity contribution in [1.82, 2.24) is 14.6 Å². The number of benzene rings is 2. The Morgan fingerprint density at radius 3 is 2.20 bits per heavy atom. The van der Waals surface area contributed by atoms with Gasteiger partial charge < -0.3 is 10.2 Å². The lowest BCUT2D eigenvalue weighted by Crippen LogP contribution is -2.37. The summed E-state index contributed by atoms with van der Waals surface area (Å²) < 4.78 is 27.2. The summed E-state index contributed by atoms with van der Waals surface area (Å²) in [6, 6.07) is 17.3. The number of urea groups is 1. The number of aryl methyl sites for hydroxylation is 1. The van der Waals surface area contributed by atoms with Crippen LogP contribution < -0.4 is 14.9 Å². The Balaban J connectivity index is 1.81. The molecule has 35 heavy (non-hydrogen) atoms. The van der Waals surface area contributed by atoms with Crippen LogP contribution in [0.4, 0.5) is 15.6 Å². The topological polar surface area (TPSA) is 94.6 Å². The molecule has 0 unspecified atom stereocenters. The fourth-order valence-electron chi connectivity index (χ4n) is 3.67. The highest BCUT2D eigenvalue weighted by atomic mass is 32.2. The highest BCUT2D eigenvalue weighted by Crippen LogP contribution is 2.30. The van der Waals surface area contributed by atoms with E-state index in [0.717, 1.165) is 48.5 Å². The van der Waals surface area contributed by atoms with E-state index >= 15 is 0 Å². The average molecular weight is 516 g/mol. The first-order valence-corrected chi connectivity index (χ1v) is 14.0. The summed E-state index contributed by atoms with van der Waals surface area (Å²) in [4.78, 5) is 21.6. The summed E-state index contributed by atoms with van der Waals surface area (Å²) in [7, 11) is -2.30. The third-order valence-corrected chi connectivity index (χ3v) is 8.93. The number of anilines is 2. The minimum Gasteiger partial charge on any atom is -0.307 e. The Morgan fingerprint density at radius 1 is 0.971 bits per heavy atom. The fraction of sp³-hybridized carbons (Fsp3) is 0.360. The van der Waals surface area contributed by atoms with E-state index in [9.17, 15) is 13.2 Å². The van der Waals surface area contributed by atoms with Crippen molar-refractivity contribution in [3.05, 3.63) is 60.3 Å². The van der Waals surface area contributed by atoms with E-state index in [1.165, 1.54) is 11.9 Å². The first-order valence-electron chi connectivity index (χ1n) is 11.7. The van der Waals surface area contributed by atoms with Crippen molar-refractivity contribution in [3.8, 4) is 11.1 Å². The number of hydrogen-bond acceptors (Lipinski definition) is 6. The van der Waals surface area contributed by atoms with Gasteiger partial charge in [0, 0.05) is 12.2 Å². The van der Waals surface area contributed by atoms with Gasteiger partial charge in [-0.05, 0) is 63.3 Å². The van der Waals surface area contributed by atoms with Crippen molar-refractivity contribution in [3.63, 3.8) is 0 Å². The van der Waals surface area contributed by atoms with Gasteiger partial charge >= 0.3 is 6.03 Å². The molecule has 3 rings (SSSR count). The molecule has 3 aromatic rings. The van der Waals surface area contributed by atoms with Gasteiger partial charge in [0.1, 0.15) is 0 Å². The van der Waals surface area contributed by atoms with Crippen LogP contribution in [-0.4, -0.2) is 57.6 Å². The SMILES string of the molecule is CCN(CC)CCCN(C(=O)Nc1ccc(-c2ccccc2)cc1)c1nc(C)c(S(=O)(=O)NC)s1. The van der Waals surface area contributed by atoms with E-state index in [2.05, 4.69) is 33.8 Å². The van der Waals surface area contributed by atoms with E-state index in [1.807, 2.05) is 54.6 Å². The van der Waals surface area contributed by atoms with Crippen LogP contribution in [-0.2, 0) is 10.0 Å². The normalized spacial score (nSPS) is 11.6. The van der Waals surface area contributed by atoms with Crippen molar-refractivity contribution in [2.24, 2.45) is 0 Å². The van der Waals surface area contributed by atoms with Gasteiger partial charge in [-0.2, -0.15) is 0 Å². The van der Waals surface area contributed by atoms with Crippen LogP contribution in [0.5, 0.6) is 0 Å². The molecule has 1 aromatic heterocycles. The van der Waals surface area contributed by atoms with Crippen LogP contribution in [0.3, 0.4) is 0 Å². The van der Waals surface area contributed by atoms with Crippen LogP contribution >= 0.6 is 11.3 Å². The highest BCUT2D eigenvalue weighted by molar-refractivity contribution is 7.91. The third kappa shape index (κ3) is 6.88. The number of carbonyl (C=O) groups is 1. The zero-order chi connectivity index (χ0) is 25.4. The highest BCUT2D eigenvalue weighted by Gasteiger charge is 2.26. The minimum atomic E-state index is -3.66. The second kappa shape index (κ2) is 12.3. The van der Waals surface area contributed by atoms with Gasteiger partial charge in [0.15, 0.2) is 9.34 Å². The van der Waals surface area contributed by atoms with Gasteiger partial charge in [-0.15, -0.1) is 0 Å². The third-order valence-electron chi connectivity index (χ3n) is 5.73. The predicted molar refractivity (Wildman–Crippen MR) is 144 cm³/mol. The maximum absolute atomic E-state index is 13.3. The number of thiazole rings is 1. The number of nitrogens with zero attached hydrogens (tertiary/aromatic N) is 3. The molecular formula is C25H33N5O3S2. The van der Waals surface area contributed by atoms with E-state index < -0.39 is 10.0 Å². The molecule has 0 radical (unpaired) electrons. The van der Waals surface area contributed by atoms with Gasteiger partial charge in [-0.3, -0.25) is 4.90 Å². The molecule has 0 saturated heterocycles. The summed E-state index contributed by atoms with van der Waals surface area (Å²) in [5.74, 6) is 0. The van der Waals surface area contributed by atoms with Crippen LogP contribution in [0.1, 0.15) is 26.0 Å². The maximum Gasteiger partial charge on any atom is 0.328 e. The smallest absolute Gasteiger partial charge is 0.307 e. The van der Waals surface area contributed by atoms with Crippen molar-refractivity contribution in [1.29, 1.82) is 0 Å². The number of rotatable bonds is 11. The number of carbonyl (C=O) groups excluding carboxylic acids is 1. The molecular weight excluding hydrogens is 482 g/mol. The number of aromatic nitrogens is 1. The number of nitrogens with one attached hydrogen (secondary N) is 2. The summed E-state index contributed by atoms with van der Waals surface area (Å²) in [5, 5.41) is 3.30. The van der Waals surface area contributed by atoms with Gasteiger partial charge in [-0.25, -0.2) is 22.9 Å². The van der Waals surface area contributed by atoms with E-state index in [4.69, 9.17) is 0 Å². The summed E-state index contributed by atoms with van der Waals surface area (Å²) in [5.41, 5.74) is 3.17. The molecule has 8 nitrogen and oxygen atoms in total. The Hall–Kier alpha value is -2.79. The molecule has 0 spiro atoms. The Bertz CT molecular complexity index is 1210. The monoisotopic (exact) mass is 515 g/mol. The predicted octanol–water partition coefficient (Wildman–Crippen LogP) is 4.80. The first kappa shape index (κ1) is 26.8. The van der Waals surface area contributed by atoms with E-state index in [1.54, 1.807) is 6.92 Å². The second-order valence-electron chi connectivity index (χ2n) is 7.98. The Labute approximate surface area is 212 Å². The molecule has 0 aliphatic rings. The first-order chi connectivity index (χ1) is 16.8. The van der Waals surface area contributed by atoms with Gasteiger partial charge in [-0.1, -0.05) is 67.6 Å². The quantitative estimate of drug-likeness (QED) is 0.383. The molecule has 0 fully saturated rings. The standard InChI is InChI=1S/C25H33N5O3S2/c1-5-29(6-2)17-10-18-30(25-27-19(3)23(34-25)35(32,33)26-4)24(31)28-22-15-13-21(14-16-22)20-11-8-7-9-12-20/h7-9,11-16,26H,5-6,10,17-18H2,1-4H3,(H,28,31). The van der Waals surface area contributed by atoms with E-state index in [-0.39, 0.29) is 10.2 Å². The van der Waals surface area contributed by atoms with Crippen molar-refractivity contribution in [2.45, 2.75) is 31.4 Å². The van der Waals surface area contributed by atoms with Crippen LogP contribution in [0.15, 0.2) is 58.8 Å². The molecule has 10 heteroatoms. The Morgan fingerprint density at radius 2 is 1.60 bits per heavy atom. The lowest BCUT2D eigenvalue weighted by molar-refractivity contribution is 0.255. The lowest BCUT2D eigenvalue weighted by Gasteiger charge is -2.23. The van der Waals surface area contributed by atoms with Crippen molar-refractivity contribution >= 4 is 38.2 Å². The summed E-state index contributed by atoms with van der Waals surface area (Å²) >= 11 is 0.998. The van der Waals surface area contributed by atoms with Gasteiger partial charge in [0.2, 0.25) is 0 Å². The Kier molecular flexibility index (Phi) is 9.39. The van der Waals surface area contributed by atoms with Crippen molar-refractivity contribution < 1.29 is 13.2 Å². The second-order valence-corrected chi connectivity index (χ2v) is 11.0. The van der Waals surface area contributed by atoms with Crippen LogP contribution in [0.2, 0.25) is 0 Å². The van der Waals surface area contributed by atoms with Crippen molar-refractivity contribution in [2.75, 3.05) is 43.4 Å². The number of amides is 2. The molecule has 2 aromatic carbocycles. The molecule has 2 amide bonds. The fourth-order valence-corrected chi connectivity index (χ4v) is 6.03. The van der Waals surface area contributed by atoms with Gasteiger partial charge in [0.05, 0.1) is 5.69 Å². The molecule has 0 aliphatic carbocycles. The maximum atomic E-state index is 13.3. The molecule has 0 bridgehead atoms. The summed E-state index contributed by atoms with van der Waals surface area (Å²) in [6.45, 7) is 8.94. The van der Waals surface area contributed by atoms with E-state index in [0.29, 0.717) is 23.1 Å². The number of hydrogen-bond donors (Lipinski definition) is 2. The summed E-state index contributed by atoms with van der Waals surface area (Å²) in [6.07, 6.45) is 0.731. The molecule has 0 aliphatic heterocycles. The molecule has 1 heterocycles. The average Bonchev–Trinajstić information content (AvgIpc) is 3.27. The number of sulfonamides is 1. The molecule has 188 valence electrons. The lowest BCUT2D eigenvalue weighted by atomic mass is 10.1. The van der Waals surface area contributed by atoms with Crippen LogP contribution in [0.25, 0.3) is 11.1 Å².